The average molecular weight is 382 g/mol. The van der Waals surface area contributed by atoms with Crippen molar-refractivity contribution in [1.29, 1.82) is 0 Å². The molecule has 0 amide bonds. The fourth-order valence-corrected chi connectivity index (χ4v) is 5.14. The topological polar surface area (TPSA) is 21.7 Å². The molecule has 4 rings (SSSR count). The Kier molecular flexibility index (Phi) is 7.14. The summed E-state index contributed by atoms with van der Waals surface area (Å²) >= 11 is 1.85. The van der Waals surface area contributed by atoms with E-state index in [1.807, 2.05) is 11.3 Å². The molecule has 1 aromatic heterocycles. The van der Waals surface area contributed by atoms with Crippen molar-refractivity contribution in [1.82, 2.24) is 4.90 Å². The second kappa shape index (κ2) is 9.33. The van der Waals surface area contributed by atoms with E-state index in [-0.39, 0.29) is 12.4 Å². The number of halogens is 1. The van der Waals surface area contributed by atoms with Gasteiger partial charge in [0.05, 0.1) is 25.9 Å². The Bertz CT molecular complexity index is 656. The van der Waals surface area contributed by atoms with Crippen LogP contribution in [0.4, 0.5) is 0 Å². The van der Waals surface area contributed by atoms with E-state index in [1.54, 1.807) is 0 Å². The zero-order valence-corrected chi connectivity index (χ0v) is 16.3. The van der Waals surface area contributed by atoms with Crippen LogP contribution in [-0.4, -0.2) is 50.0 Å². The zero-order chi connectivity index (χ0) is 16.2. The molecule has 5 heteroatoms. The van der Waals surface area contributed by atoms with Crippen LogP contribution in [-0.2, 0) is 15.9 Å². The van der Waals surface area contributed by atoms with Crippen molar-refractivity contribution in [2.75, 3.05) is 32.9 Å². The van der Waals surface area contributed by atoms with E-state index >= 15 is 0 Å². The molecule has 2 heterocycles. The number of fused-ring (bicyclic) bond motifs is 1. The number of hydrogen-bond donors (Lipinski definition) is 0. The predicted molar refractivity (Wildman–Crippen MR) is 107 cm³/mol. The van der Waals surface area contributed by atoms with E-state index in [9.17, 15) is 0 Å². The Morgan fingerprint density at radius 2 is 1.92 bits per heavy atom. The van der Waals surface area contributed by atoms with Crippen molar-refractivity contribution in [3.05, 3.63) is 35.2 Å². The molecule has 25 heavy (non-hydrogen) atoms. The standard InChI is InChI=1S/C20H27NO2S.ClH/c1-4-8-20-17(5-1)16(15-24-20)9-12-23-19-7-3-2-6-18(19)21-10-13-22-14-11-21;/h1,4-5,8,15,18-19H,2-3,6-7,9-14H2;1H. The molecular formula is C20H28ClNO2S. The van der Waals surface area contributed by atoms with Crippen LogP contribution >= 0.6 is 23.7 Å². The van der Waals surface area contributed by atoms with Gasteiger partial charge in [-0.1, -0.05) is 31.0 Å². The maximum Gasteiger partial charge on any atom is 0.0730 e. The minimum atomic E-state index is 0. The number of morpholine rings is 1. The molecule has 2 aliphatic rings. The quantitative estimate of drug-likeness (QED) is 0.759. The molecule has 2 fully saturated rings. The molecule has 0 N–H and O–H groups in total. The largest absolute Gasteiger partial charge is 0.379 e. The highest BCUT2D eigenvalue weighted by molar-refractivity contribution is 7.17. The second-order valence-electron chi connectivity index (χ2n) is 6.92. The summed E-state index contributed by atoms with van der Waals surface area (Å²) in [7, 11) is 0. The first-order valence-corrected chi connectivity index (χ1v) is 10.2. The van der Waals surface area contributed by atoms with Gasteiger partial charge in [-0.15, -0.1) is 23.7 Å². The first-order chi connectivity index (χ1) is 11.9. The van der Waals surface area contributed by atoms with Crippen LogP contribution in [0, 0.1) is 0 Å². The highest BCUT2D eigenvalue weighted by Crippen LogP contribution is 2.28. The minimum Gasteiger partial charge on any atom is -0.379 e. The Balaban J connectivity index is 0.00000182. The second-order valence-corrected chi connectivity index (χ2v) is 7.83. The van der Waals surface area contributed by atoms with Gasteiger partial charge in [0.25, 0.3) is 0 Å². The van der Waals surface area contributed by atoms with Gasteiger partial charge in [0.1, 0.15) is 0 Å². The molecule has 0 bridgehead atoms. The third kappa shape index (κ3) is 4.55. The molecular weight excluding hydrogens is 354 g/mol. The first-order valence-electron chi connectivity index (χ1n) is 9.30. The normalized spacial score (nSPS) is 25.0. The van der Waals surface area contributed by atoms with Crippen molar-refractivity contribution in [3.63, 3.8) is 0 Å². The van der Waals surface area contributed by atoms with E-state index in [4.69, 9.17) is 9.47 Å². The summed E-state index contributed by atoms with van der Waals surface area (Å²) in [5.41, 5.74) is 1.44. The van der Waals surface area contributed by atoms with Crippen LogP contribution in [0.25, 0.3) is 10.1 Å². The first kappa shape index (κ1) is 19.1. The van der Waals surface area contributed by atoms with E-state index < -0.39 is 0 Å². The molecule has 1 aromatic carbocycles. The van der Waals surface area contributed by atoms with Gasteiger partial charge in [-0.05, 0) is 41.7 Å². The predicted octanol–water partition coefficient (Wildman–Crippen LogP) is 4.53. The Hall–Kier alpha value is -0.650. The Morgan fingerprint density at radius 3 is 2.80 bits per heavy atom. The molecule has 0 spiro atoms. The summed E-state index contributed by atoms with van der Waals surface area (Å²) in [6.07, 6.45) is 6.58. The van der Waals surface area contributed by atoms with Crippen LogP contribution in [0.5, 0.6) is 0 Å². The lowest BCUT2D eigenvalue weighted by molar-refractivity contribution is -0.0646. The monoisotopic (exact) mass is 381 g/mol. The van der Waals surface area contributed by atoms with Crippen LogP contribution in [0.15, 0.2) is 29.6 Å². The molecule has 2 aromatic rings. The fraction of sp³-hybridized carbons (Fsp3) is 0.600. The maximum absolute atomic E-state index is 6.39. The summed E-state index contributed by atoms with van der Waals surface area (Å²) in [4.78, 5) is 2.60. The highest BCUT2D eigenvalue weighted by Gasteiger charge is 2.31. The summed E-state index contributed by atoms with van der Waals surface area (Å²) in [6.45, 7) is 4.74. The lowest BCUT2D eigenvalue weighted by atomic mass is 9.91. The number of thiophene rings is 1. The number of nitrogens with zero attached hydrogens (tertiary/aromatic N) is 1. The van der Waals surface area contributed by atoms with Gasteiger partial charge < -0.3 is 9.47 Å². The molecule has 1 aliphatic carbocycles. The lowest BCUT2D eigenvalue weighted by Crippen LogP contribution is -2.51. The van der Waals surface area contributed by atoms with Gasteiger partial charge in [0, 0.05) is 23.8 Å². The third-order valence-corrected chi connectivity index (χ3v) is 6.46. The van der Waals surface area contributed by atoms with E-state index in [0.717, 1.165) is 39.3 Å². The van der Waals surface area contributed by atoms with E-state index in [2.05, 4.69) is 34.5 Å². The van der Waals surface area contributed by atoms with Gasteiger partial charge in [0.15, 0.2) is 0 Å². The number of hydrogen-bond acceptors (Lipinski definition) is 4. The van der Waals surface area contributed by atoms with Gasteiger partial charge in [-0.25, -0.2) is 0 Å². The van der Waals surface area contributed by atoms with E-state index in [0.29, 0.717) is 12.1 Å². The average Bonchev–Trinajstić information content (AvgIpc) is 3.06. The summed E-state index contributed by atoms with van der Waals surface area (Å²) in [5.74, 6) is 0. The zero-order valence-electron chi connectivity index (χ0n) is 14.7. The Morgan fingerprint density at radius 1 is 1.12 bits per heavy atom. The number of ether oxygens (including phenoxy) is 2. The molecule has 1 saturated carbocycles. The maximum atomic E-state index is 6.39. The summed E-state index contributed by atoms with van der Waals surface area (Å²) in [6, 6.07) is 9.29. The van der Waals surface area contributed by atoms with Crippen LogP contribution in [0.3, 0.4) is 0 Å². The Labute approximate surface area is 160 Å². The van der Waals surface area contributed by atoms with Crippen molar-refractivity contribution in [3.8, 4) is 0 Å². The molecule has 1 aliphatic heterocycles. The highest BCUT2D eigenvalue weighted by atomic mass is 35.5. The van der Waals surface area contributed by atoms with Crippen LogP contribution in [0.2, 0.25) is 0 Å². The van der Waals surface area contributed by atoms with Crippen molar-refractivity contribution >= 4 is 33.8 Å². The smallest absolute Gasteiger partial charge is 0.0730 e. The molecule has 0 radical (unpaired) electrons. The summed E-state index contributed by atoms with van der Waals surface area (Å²) in [5, 5.41) is 3.70. The van der Waals surface area contributed by atoms with Gasteiger partial charge in [0.2, 0.25) is 0 Å². The fourth-order valence-electron chi connectivity index (χ4n) is 4.15. The van der Waals surface area contributed by atoms with Crippen LogP contribution in [0.1, 0.15) is 31.2 Å². The molecule has 2 atom stereocenters. The molecule has 1 saturated heterocycles. The van der Waals surface area contributed by atoms with Crippen molar-refractivity contribution in [2.24, 2.45) is 0 Å². The third-order valence-electron chi connectivity index (χ3n) is 5.45. The molecule has 138 valence electrons. The molecule has 2 unspecified atom stereocenters. The van der Waals surface area contributed by atoms with Gasteiger partial charge >= 0.3 is 0 Å². The molecule has 3 nitrogen and oxygen atoms in total. The minimum absolute atomic E-state index is 0. The number of benzene rings is 1. The van der Waals surface area contributed by atoms with Crippen molar-refractivity contribution in [2.45, 2.75) is 44.2 Å². The number of rotatable bonds is 5. The van der Waals surface area contributed by atoms with E-state index in [1.165, 1.54) is 41.3 Å². The van der Waals surface area contributed by atoms with Crippen molar-refractivity contribution < 1.29 is 9.47 Å². The van der Waals surface area contributed by atoms with Gasteiger partial charge in [-0.2, -0.15) is 0 Å². The summed E-state index contributed by atoms with van der Waals surface area (Å²) < 4.78 is 13.3. The van der Waals surface area contributed by atoms with Gasteiger partial charge in [-0.3, -0.25) is 4.90 Å². The SMILES string of the molecule is Cl.c1ccc2c(CCOC3CCCCC3N3CCOCC3)csc2c1. The lowest BCUT2D eigenvalue weighted by Gasteiger charge is -2.41. The van der Waals surface area contributed by atoms with Crippen LogP contribution < -0.4 is 0 Å².